The summed E-state index contributed by atoms with van der Waals surface area (Å²) in [4.78, 5) is 3.99. The summed E-state index contributed by atoms with van der Waals surface area (Å²) in [7, 11) is -3.36. The SMILES string of the molecule is O=S(=O)(c1cccs1)N1C2CCC1CC(Oc1ccncc1)C2. The van der Waals surface area contributed by atoms with Crippen molar-refractivity contribution in [1.29, 1.82) is 0 Å². The van der Waals surface area contributed by atoms with E-state index in [4.69, 9.17) is 4.74 Å². The Balaban J connectivity index is 1.52. The predicted molar refractivity (Wildman–Crippen MR) is 88.0 cm³/mol. The Labute approximate surface area is 140 Å². The average molecular weight is 350 g/mol. The molecule has 0 amide bonds. The van der Waals surface area contributed by atoms with Crippen molar-refractivity contribution in [3.05, 3.63) is 42.0 Å². The van der Waals surface area contributed by atoms with Crippen LogP contribution in [0.4, 0.5) is 0 Å². The van der Waals surface area contributed by atoms with Crippen molar-refractivity contribution in [2.24, 2.45) is 0 Å². The van der Waals surface area contributed by atoms with E-state index < -0.39 is 10.0 Å². The van der Waals surface area contributed by atoms with Gasteiger partial charge in [0.15, 0.2) is 0 Å². The quantitative estimate of drug-likeness (QED) is 0.851. The van der Waals surface area contributed by atoms with Crippen molar-refractivity contribution in [3.63, 3.8) is 0 Å². The minimum Gasteiger partial charge on any atom is -0.490 e. The van der Waals surface area contributed by atoms with Gasteiger partial charge in [-0.3, -0.25) is 4.98 Å². The molecule has 122 valence electrons. The largest absolute Gasteiger partial charge is 0.490 e. The number of fused-ring (bicyclic) bond motifs is 2. The van der Waals surface area contributed by atoms with Crippen LogP contribution in [0.1, 0.15) is 25.7 Å². The fourth-order valence-corrected chi connectivity index (χ4v) is 6.68. The van der Waals surface area contributed by atoms with E-state index in [1.807, 2.05) is 17.5 Å². The van der Waals surface area contributed by atoms with Crippen LogP contribution in [0.5, 0.6) is 5.75 Å². The molecule has 4 heterocycles. The first-order valence-corrected chi connectivity index (χ1v) is 10.1. The molecule has 0 aliphatic carbocycles. The van der Waals surface area contributed by atoms with Crippen molar-refractivity contribution in [1.82, 2.24) is 9.29 Å². The van der Waals surface area contributed by atoms with Gasteiger partial charge in [-0.1, -0.05) is 6.07 Å². The lowest BCUT2D eigenvalue weighted by Gasteiger charge is -2.37. The molecule has 0 N–H and O–H groups in total. The maximum Gasteiger partial charge on any atom is 0.253 e. The van der Waals surface area contributed by atoms with Crippen LogP contribution in [0.15, 0.2) is 46.2 Å². The third kappa shape index (κ3) is 2.77. The van der Waals surface area contributed by atoms with E-state index in [0.717, 1.165) is 31.4 Å². The lowest BCUT2D eigenvalue weighted by Crippen LogP contribution is -2.48. The van der Waals surface area contributed by atoms with Crippen LogP contribution < -0.4 is 4.74 Å². The second-order valence-electron chi connectivity index (χ2n) is 6.05. The van der Waals surface area contributed by atoms with Gasteiger partial charge in [0.05, 0.1) is 0 Å². The molecule has 2 aromatic rings. The average Bonchev–Trinajstić information content (AvgIpc) is 3.16. The van der Waals surface area contributed by atoms with E-state index in [1.54, 1.807) is 28.8 Å². The van der Waals surface area contributed by atoms with Gasteiger partial charge in [0.2, 0.25) is 0 Å². The van der Waals surface area contributed by atoms with Gasteiger partial charge in [-0.2, -0.15) is 4.31 Å². The number of ether oxygens (including phenoxy) is 1. The highest BCUT2D eigenvalue weighted by Crippen LogP contribution is 2.41. The topological polar surface area (TPSA) is 59.5 Å². The standard InChI is InChI=1S/C16H18N2O3S2/c19-23(20,16-2-1-9-22-16)18-12-3-4-13(18)11-15(10-12)21-14-5-7-17-8-6-14/h1-2,5-9,12-13,15H,3-4,10-11H2. The van der Waals surface area contributed by atoms with E-state index in [0.29, 0.717) is 4.21 Å². The highest BCUT2D eigenvalue weighted by Gasteiger charge is 2.48. The van der Waals surface area contributed by atoms with E-state index in [-0.39, 0.29) is 18.2 Å². The zero-order chi connectivity index (χ0) is 15.9. The number of hydrogen-bond donors (Lipinski definition) is 0. The molecule has 0 saturated carbocycles. The summed E-state index contributed by atoms with van der Waals surface area (Å²) >= 11 is 1.29. The smallest absolute Gasteiger partial charge is 0.253 e. The molecule has 2 aliphatic rings. The number of hydrogen-bond acceptors (Lipinski definition) is 5. The van der Waals surface area contributed by atoms with E-state index >= 15 is 0 Å². The summed E-state index contributed by atoms with van der Waals surface area (Å²) in [5, 5.41) is 1.81. The second kappa shape index (κ2) is 5.89. The summed E-state index contributed by atoms with van der Waals surface area (Å²) in [5.74, 6) is 0.805. The molecule has 0 aromatic carbocycles. The summed E-state index contributed by atoms with van der Waals surface area (Å²) in [5.41, 5.74) is 0. The van der Waals surface area contributed by atoms with Crippen LogP contribution in [-0.4, -0.2) is 35.9 Å². The molecule has 2 aromatic heterocycles. The lowest BCUT2D eigenvalue weighted by molar-refractivity contribution is 0.0957. The number of aromatic nitrogens is 1. The van der Waals surface area contributed by atoms with Gasteiger partial charge in [0.1, 0.15) is 16.1 Å². The highest BCUT2D eigenvalue weighted by atomic mass is 32.2. The molecular weight excluding hydrogens is 332 g/mol. The number of pyridine rings is 1. The summed E-state index contributed by atoms with van der Waals surface area (Å²) < 4.78 is 33.9. The first-order valence-electron chi connectivity index (χ1n) is 7.78. The summed E-state index contributed by atoms with van der Waals surface area (Å²) in [6.45, 7) is 0. The third-order valence-electron chi connectivity index (χ3n) is 4.60. The van der Waals surface area contributed by atoms with Gasteiger partial charge in [0, 0.05) is 37.3 Å². The Bertz CT molecular complexity index is 748. The summed E-state index contributed by atoms with van der Waals surface area (Å²) in [6, 6.07) is 7.27. The Hall–Kier alpha value is -1.44. The molecule has 2 aliphatic heterocycles. The molecular formula is C16H18N2O3S2. The number of sulfonamides is 1. The first kappa shape index (κ1) is 15.1. The molecule has 0 radical (unpaired) electrons. The van der Waals surface area contributed by atoms with Crippen LogP contribution in [0, 0.1) is 0 Å². The van der Waals surface area contributed by atoms with Gasteiger partial charge < -0.3 is 4.74 Å². The van der Waals surface area contributed by atoms with Crippen molar-refractivity contribution < 1.29 is 13.2 Å². The Morgan fingerprint density at radius 2 is 1.83 bits per heavy atom. The Morgan fingerprint density at radius 3 is 2.43 bits per heavy atom. The highest BCUT2D eigenvalue weighted by molar-refractivity contribution is 7.91. The number of piperidine rings is 1. The number of rotatable bonds is 4. The van der Waals surface area contributed by atoms with Gasteiger partial charge in [-0.15, -0.1) is 11.3 Å². The van der Waals surface area contributed by atoms with Crippen molar-refractivity contribution >= 4 is 21.4 Å². The van der Waals surface area contributed by atoms with Gasteiger partial charge in [-0.05, 0) is 36.4 Å². The minimum atomic E-state index is -3.36. The van der Waals surface area contributed by atoms with E-state index in [9.17, 15) is 8.42 Å². The molecule has 2 unspecified atom stereocenters. The maximum absolute atomic E-state index is 12.9. The van der Waals surface area contributed by atoms with Crippen molar-refractivity contribution in [2.75, 3.05) is 0 Å². The zero-order valence-corrected chi connectivity index (χ0v) is 14.2. The van der Waals surface area contributed by atoms with Crippen molar-refractivity contribution in [2.45, 2.75) is 48.1 Å². The fraction of sp³-hybridized carbons (Fsp3) is 0.438. The Morgan fingerprint density at radius 1 is 1.13 bits per heavy atom. The molecule has 23 heavy (non-hydrogen) atoms. The Kier molecular flexibility index (Phi) is 3.87. The molecule has 4 rings (SSSR count). The van der Waals surface area contributed by atoms with Crippen LogP contribution in [0.3, 0.4) is 0 Å². The molecule has 2 saturated heterocycles. The predicted octanol–water partition coefficient (Wildman–Crippen LogP) is 2.91. The van der Waals surface area contributed by atoms with Crippen molar-refractivity contribution in [3.8, 4) is 5.75 Å². The molecule has 2 bridgehead atoms. The van der Waals surface area contributed by atoms with Gasteiger partial charge >= 0.3 is 0 Å². The normalized spacial score (nSPS) is 27.9. The third-order valence-corrected chi connectivity index (χ3v) is 7.98. The zero-order valence-electron chi connectivity index (χ0n) is 12.5. The lowest BCUT2D eigenvalue weighted by atomic mass is 10.0. The van der Waals surface area contributed by atoms with Crippen LogP contribution >= 0.6 is 11.3 Å². The second-order valence-corrected chi connectivity index (χ2v) is 9.06. The van der Waals surface area contributed by atoms with Crippen LogP contribution in [-0.2, 0) is 10.0 Å². The van der Waals surface area contributed by atoms with E-state index in [2.05, 4.69) is 4.98 Å². The molecule has 7 heteroatoms. The molecule has 0 spiro atoms. The molecule has 2 atom stereocenters. The van der Waals surface area contributed by atoms with Gasteiger partial charge in [0.25, 0.3) is 10.0 Å². The van der Waals surface area contributed by atoms with Gasteiger partial charge in [-0.25, -0.2) is 8.42 Å². The van der Waals surface area contributed by atoms with Crippen LogP contribution in [0.2, 0.25) is 0 Å². The fourth-order valence-electron chi connectivity index (χ4n) is 3.70. The van der Waals surface area contributed by atoms with E-state index in [1.165, 1.54) is 11.3 Å². The minimum absolute atomic E-state index is 0.0488. The molecule has 2 fully saturated rings. The monoisotopic (exact) mass is 350 g/mol. The van der Waals surface area contributed by atoms with Crippen LogP contribution in [0.25, 0.3) is 0 Å². The molecule has 5 nitrogen and oxygen atoms in total. The number of thiophene rings is 1. The maximum atomic E-state index is 12.9. The summed E-state index contributed by atoms with van der Waals surface area (Å²) in [6.07, 6.45) is 6.84. The first-order chi connectivity index (χ1) is 11.1. The number of nitrogens with zero attached hydrogens (tertiary/aromatic N) is 2.